The van der Waals surface area contributed by atoms with Crippen molar-refractivity contribution >= 4 is 66.4 Å². The monoisotopic (exact) mass is 1090 g/mol. The van der Waals surface area contributed by atoms with E-state index in [9.17, 15) is 4.39 Å². The number of para-hydroxylation sites is 2. The van der Waals surface area contributed by atoms with Gasteiger partial charge in [0.15, 0.2) is 0 Å². The first kappa shape index (κ1) is 40.3. The number of pyridine rings is 2. The standard InChI is InChI=1S/C34H27N3S.C21H21FGeN.Ir/c1-34(2,3)24-15-17-25(18-16-24)37-29-14-8-7-13-28(29)36-32(37)23-20-27(22-10-5-4-6-11-22)31-26-12-9-19-35-33(26)38-30(31)21-23;1-15-12-21(24-14-20(15)23(2,3)4)18-11-10-17(13-19(18)22)16-8-6-5-7-9-16;/h4-20,32H,1-3H3;5-10,12-14H,1-4H3;/q-2;-1;+3/i;1D3;. The molecule has 4 nitrogen and oxygen atoms in total. The second kappa shape index (κ2) is 18.0. The Morgan fingerprint density at radius 3 is 2.17 bits per heavy atom. The molecule has 0 saturated carbocycles. The van der Waals surface area contributed by atoms with E-state index in [1.54, 1.807) is 23.6 Å². The molecule has 10 rings (SSSR count). The topological polar surface area (TPSA) is 43.1 Å². The summed E-state index contributed by atoms with van der Waals surface area (Å²) in [4.78, 5) is 12.4. The molecule has 6 aromatic carbocycles. The van der Waals surface area contributed by atoms with Crippen LogP contribution in [-0.2, 0) is 25.5 Å². The number of hydrogen-bond donors (Lipinski definition) is 0. The van der Waals surface area contributed by atoms with Gasteiger partial charge in [0.2, 0.25) is 0 Å². The number of hydrogen-bond acceptors (Lipinski definition) is 4. The van der Waals surface area contributed by atoms with E-state index in [4.69, 9.17) is 9.43 Å². The summed E-state index contributed by atoms with van der Waals surface area (Å²) in [5, 5.41) is 7.62. The first-order valence-corrected chi connectivity index (χ1v) is 29.0. The summed E-state index contributed by atoms with van der Waals surface area (Å²) >= 11 is -0.736. The molecule has 63 heavy (non-hydrogen) atoms. The van der Waals surface area contributed by atoms with Gasteiger partial charge < -0.3 is 10.2 Å². The predicted octanol–water partition coefficient (Wildman–Crippen LogP) is 15.3. The first-order chi connectivity index (χ1) is 31.0. The number of halogens is 1. The summed E-state index contributed by atoms with van der Waals surface area (Å²) in [6.45, 7) is 4.49. The van der Waals surface area contributed by atoms with Gasteiger partial charge in [-0.2, -0.15) is 17.7 Å². The third-order valence-electron chi connectivity index (χ3n) is 11.3. The zero-order valence-corrected chi connectivity index (χ0v) is 41.3. The van der Waals surface area contributed by atoms with E-state index < -0.39 is 25.9 Å². The summed E-state index contributed by atoms with van der Waals surface area (Å²) in [5.74, 6) is 5.89. The van der Waals surface area contributed by atoms with Crippen molar-refractivity contribution in [3.05, 3.63) is 198 Å². The Balaban J connectivity index is 0.000000188. The van der Waals surface area contributed by atoms with Crippen molar-refractivity contribution in [1.29, 1.82) is 0 Å². The van der Waals surface area contributed by atoms with Crippen molar-refractivity contribution in [2.75, 3.05) is 4.90 Å². The Labute approximate surface area is 395 Å². The molecule has 0 spiro atoms. The van der Waals surface area contributed by atoms with Crippen molar-refractivity contribution in [3.8, 4) is 33.5 Å². The fourth-order valence-electron chi connectivity index (χ4n) is 8.03. The zero-order chi connectivity index (χ0) is 45.7. The van der Waals surface area contributed by atoms with Gasteiger partial charge in [-0.15, -0.1) is 28.0 Å². The molecule has 0 aliphatic carbocycles. The minimum Gasteiger partial charge on any atom is 3.00 e. The molecule has 1 aliphatic heterocycles. The van der Waals surface area contributed by atoms with E-state index >= 15 is 0 Å². The normalized spacial score (nSPS) is 14.4. The number of aryl methyl sites for hydroxylation is 1. The number of aromatic nitrogens is 2. The molecule has 8 heteroatoms. The Kier molecular flexibility index (Phi) is 11.5. The molecule has 0 bridgehead atoms. The fourth-order valence-corrected chi connectivity index (χ4v) is 11.9. The molecule has 1 atom stereocenters. The molecule has 0 fully saturated rings. The molecule has 314 valence electrons. The van der Waals surface area contributed by atoms with Crippen LogP contribution >= 0.6 is 11.3 Å². The molecule has 4 heterocycles. The second-order valence-corrected chi connectivity index (χ2v) is 29.2. The molecular formula is C55H48FGeIrN4S. The van der Waals surface area contributed by atoms with E-state index in [-0.39, 0.29) is 42.8 Å². The largest absolute Gasteiger partial charge is 3.00 e. The maximum absolute atomic E-state index is 14.8. The average Bonchev–Trinajstić information content (AvgIpc) is 3.88. The molecule has 0 radical (unpaired) electrons. The van der Waals surface area contributed by atoms with Crippen LogP contribution in [0.5, 0.6) is 0 Å². The molecule has 1 aliphatic rings. The van der Waals surface area contributed by atoms with Crippen LogP contribution in [-0.4, -0.2) is 23.2 Å². The van der Waals surface area contributed by atoms with Crippen LogP contribution in [0.25, 0.3) is 59.1 Å². The number of fused-ring (bicyclic) bond motifs is 4. The Morgan fingerprint density at radius 1 is 0.794 bits per heavy atom. The Bertz CT molecular complexity index is 3170. The number of nitrogens with zero attached hydrogens (tertiary/aromatic N) is 4. The van der Waals surface area contributed by atoms with E-state index in [1.165, 1.54) is 39.6 Å². The van der Waals surface area contributed by atoms with Gasteiger partial charge in [-0.25, -0.2) is 4.98 Å². The van der Waals surface area contributed by atoms with Crippen molar-refractivity contribution < 1.29 is 28.6 Å². The van der Waals surface area contributed by atoms with Crippen molar-refractivity contribution in [3.63, 3.8) is 0 Å². The summed E-state index contributed by atoms with van der Waals surface area (Å²) in [6.07, 6.45) is 3.28. The van der Waals surface area contributed by atoms with E-state index in [2.05, 4.69) is 156 Å². The van der Waals surface area contributed by atoms with Gasteiger partial charge in [0.25, 0.3) is 0 Å². The SMILES string of the molecule is CC(C)(C)c1ccc(N2c3ccccc3[N-]C2c2[c-]c3sc4ncccc4c3c(-c3ccccc3)c2)cc1.[2H]C([2H])([2H])c1cc(-c2[c-]cc(-c3ccccc3)cc2F)nc[c]1[Ge]([CH3])([CH3])[CH3].[Ir+3]. The summed E-state index contributed by atoms with van der Waals surface area (Å²) < 4.78 is 40.4. The van der Waals surface area contributed by atoms with Gasteiger partial charge in [0.1, 0.15) is 4.83 Å². The maximum atomic E-state index is 14.8. The van der Waals surface area contributed by atoms with Gasteiger partial charge in [0, 0.05) is 17.6 Å². The minimum atomic E-state index is -2.44. The second-order valence-electron chi connectivity index (χ2n) is 17.7. The van der Waals surface area contributed by atoms with Crippen LogP contribution < -0.4 is 9.30 Å². The van der Waals surface area contributed by atoms with Crippen molar-refractivity contribution in [2.45, 2.75) is 56.5 Å². The van der Waals surface area contributed by atoms with Gasteiger partial charge >= 0.3 is 170 Å². The first-order valence-electron chi connectivity index (χ1n) is 22.3. The van der Waals surface area contributed by atoms with Gasteiger partial charge in [-0.3, -0.25) is 0 Å². The molecule has 0 saturated heterocycles. The van der Waals surface area contributed by atoms with Gasteiger partial charge in [-0.1, -0.05) is 92.2 Å². The number of rotatable bonds is 6. The minimum absolute atomic E-state index is 0. The molecule has 0 amide bonds. The maximum Gasteiger partial charge on any atom is 3.00 e. The fraction of sp³-hybridized carbons (Fsp3) is 0.164. The average molecular weight is 1080 g/mol. The number of benzene rings is 6. The quantitative estimate of drug-likeness (QED) is 0.123. The molecule has 9 aromatic rings. The Hall–Kier alpha value is -5.44. The molecular weight excluding hydrogens is 1030 g/mol. The van der Waals surface area contributed by atoms with Gasteiger partial charge in [-0.05, 0) is 52.4 Å². The third-order valence-corrected chi connectivity index (χ3v) is 16.5. The van der Waals surface area contributed by atoms with E-state index in [0.717, 1.165) is 42.1 Å². The van der Waals surface area contributed by atoms with Crippen LogP contribution in [0.4, 0.5) is 21.5 Å². The third kappa shape index (κ3) is 9.03. The van der Waals surface area contributed by atoms with E-state index in [1.807, 2.05) is 42.6 Å². The summed E-state index contributed by atoms with van der Waals surface area (Å²) in [6, 6.07) is 55.3. The molecule has 0 N–H and O–H groups in total. The summed E-state index contributed by atoms with van der Waals surface area (Å²) in [7, 11) is 0. The molecule has 3 aromatic heterocycles. The molecule has 1 unspecified atom stereocenters. The van der Waals surface area contributed by atoms with Crippen LogP contribution in [0.2, 0.25) is 17.3 Å². The van der Waals surface area contributed by atoms with Gasteiger partial charge in [0.05, 0.1) is 0 Å². The van der Waals surface area contributed by atoms with E-state index in [0.29, 0.717) is 11.3 Å². The number of anilines is 2. The van der Waals surface area contributed by atoms with Crippen LogP contribution in [0.1, 0.15) is 47.7 Å². The summed E-state index contributed by atoms with van der Waals surface area (Å²) in [5.41, 5.74) is 10.5. The van der Waals surface area contributed by atoms with Crippen LogP contribution in [0, 0.1) is 24.8 Å². The van der Waals surface area contributed by atoms with Crippen molar-refractivity contribution in [2.24, 2.45) is 0 Å². The van der Waals surface area contributed by atoms with Crippen LogP contribution in [0.15, 0.2) is 158 Å². The zero-order valence-electron chi connectivity index (χ0n) is 39.0. The smallest absolute Gasteiger partial charge is 3.00 e. The van der Waals surface area contributed by atoms with Crippen LogP contribution in [0.3, 0.4) is 0 Å². The van der Waals surface area contributed by atoms with Crippen molar-refractivity contribution in [1.82, 2.24) is 9.97 Å². The number of thiophene rings is 1. The Morgan fingerprint density at radius 2 is 1.49 bits per heavy atom. The predicted molar refractivity (Wildman–Crippen MR) is 263 cm³/mol.